The number of aryl methyl sites for hydroxylation is 2. The molecule has 1 amide bonds. The molecule has 0 radical (unpaired) electrons. The van der Waals surface area contributed by atoms with Crippen LogP contribution in [0.15, 0.2) is 6.07 Å². The quantitative estimate of drug-likeness (QED) is 0.728. The van der Waals surface area contributed by atoms with Gasteiger partial charge in [0.1, 0.15) is 0 Å². The number of thiophene rings is 1. The lowest BCUT2D eigenvalue weighted by molar-refractivity contribution is -0.133. The van der Waals surface area contributed by atoms with E-state index in [1.165, 1.54) is 6.42 Å². The van der Waals surface area contributed by atoms with Crippen molar-refractivity contribution < 1.29 is 14.3 Å². The number of hydrogen-bond donors (Lipinski definition) is 0. The molecule has 1 aromatic rings. The molecule has 1 atom stereocenters. The molecule has 2 aliphatic heterocycles. The van der Waals surface area contributed by atoms with Crippen LogP contribution in [0.4, 0.5) is 0 Å². The second kappa shape index (κ2) is 8.43. The van der Waals surface area contributed by atoms with Crippen molar-refractivity contribution in [1.82, 2.24) is 9.80 Å². The smallest absolute Gasteiger partial charge is 0.223 e. The maximum Gasteiger partial charge on any atom is 0.223 e. The molecule has 1 aromatic heterocycles. The normalized spacial score (nSPS) is 21.7. The Bertz CT molecular complexity index is 614. The van der Waals surface area contributed by atoms with Crippen LogP contribution in [0, 0.1) is 13.8 Å². The molecule has 0 N–H and O–H groups in total. The predicted octanol–water partition coefficient (Wildman–Crippen LogP) is 2.65. The average Bonchev–Trinajstić information content (AvgIpc) is 3.22. The van der Waals surface area contributed by atoms with Crippen LogP contribution >= 0.6 is 11.3 Å². The fraction of sp³-hybridized carbons (Fsp3) is 0.684. The minimum Gasteiger partial charge on any atom is -0.377 e. The van der Waals surface area contributed by atoms with E-state index in [4.69, 9.17) is 4.74 Å². The van der Waals surface area contributed by atoms with E-state index in [1.54, 1.807) is 11.3 Å². The van der Waals surface area contributed by atoms with E-state index < -0.39 is 0 Å². The lowest BCUT2D eigenvalue weighted by atomic mass is 10.1. The standard InChI is InChI=1S/C19H28N2O3S/c1-14-12-17(15(2)25-14)18(22)5-6-19(23)21-9-7-20(8-10-21)13-16-4-3-11-24-16/h12,16H,3-11,13H2,1-2H3. The summed E-state index contributed by atoms with van der Waals surface area (Å²) >= 11 is 1.64. The second-order valence-corrected chi connectivity index (χ2v) is 8.53. The van der Waals surface area contributed by atoms with Crippen LogP contribution in [0.2, 0.25) is 0 Å². The molecule has 3 rings (SSSR count). The fourth-order valence-electron chi connectivity index (χ4n) is 3.68. The Morgan fingerprint density at radius 1 is 1.20 bits per heavy atom. The van der Waals surface area contributed by atoms with Gasteiger partial charge in [0.05, 0.1) is 6.10 Å². The summed E-state index contributed by atoms with van der Waals surface area (Å²) in [6.07, 6.45) is 3.32. The molecule has 5 nitrogen and oxygen atoms in total. The summed E-state index contributed by atoms with van der Waals surface area (Å²) in [6, 6.07) is 1.94. The van der Waals surface area contributed by atoms with Gasteiger partial charge in [0.2, 0.25) is 5.91 Å². The zero-order chi connectivity index (χ0) is 17.8. The van der Waals surface area contributed by atoms with Crippen LogP contribution in [-0.4, -0.2) is 66.9 Å². The fourth-order valence-corrected chi connectivity index (χ4v) is 4.62. The number of amides is 1. The largest absolute Gasteiger partial charge is 0.377 e. The molecule has 2 aliphatic rings. The van der Waals surface area contributed by atoms with Crippen molar-refractivity contribution in [3.05, 3.63) is 21.4 Å². The van der Waals surface area contributed by atoms with E-state index >= 15 is 0 Å². The van der Waals surface area contributed by atoms with Gasteiger partial charge in [0.25, 0.3) is 0 Å². The highest BCUT2D eigenvalue weighted by atomic mass is 32.1. The number of rotatable bonds is 6. The average molecular weight is 365 g/mol. The molecule has 6 heteroatoms. The summed E-state index contributed by atoms with van der Waals surface area (Å²) in [5, 5.41) is 0. The molecule has 1 unspecified atom stereocenters. The van der Waals surface area contributed by atoms with Crippen LogP contribution in [0.1, 0.15) is 45.8 Å². The minimum atomic E-state index is 0.0900. The highest BCUT2D eigenvalue weighted by Crippen LogP contribution is 2.22. The molecular weight excluding hydrogens is 336 g/mol. The van der Waals surface area contributed by atoms with Crippen molar-refractivity contribution >= 4 is 23.0 Å². The molecule has 0 bridgehead atoms. The number of piperazine rings is 1. The maximum atomic E-state index is 12.4. The maximum absolute atomic E-state index is 12.4. The molecule has 2 fully saturated rings. The Kier molecular flexibility index (Phi) is 6.25. The first-order chi connectivity index (χ1) is 12.0. The number of nitrogens with zero attached hydrogens (tertiary/aromatic N) is 2. The van der Waals surface area contributed by atoms with Crippen molar-refractivity contribution in [1.29, 1.82) is 0 Å². The lowest BCUT2D eigenvalue weighted by Crippen LogP contribution is -2.50. The molecular formula is C19H28N2O3S. The van der Waals surface area contributed by atoms with Crippen molar-refractivity contribution in [2.45, 2.75) is 45.6 Å². The Labute approximate surface area is 153 Å². The van der Waals surface area contributed by atoms with Gasteiger partial charge in [-0.15, -0.1) is 11.3 Å². The topological polar surface area (TPSA) is 49.9 Å². The third-order valence-electron chi connectivity index (χ3n) is 5.12. The second-order valence-electron chi connectivity index (χ2n) is 7.07. The zero-order valence-electron chi connectivity index (χ0n) is 15.3. The van der Waals surface area contributed by atoms with Gasteiger partial charge in [0, 0.05) is 67.5 Å². The number of carbonyl (C=O) groups excluding carboxylic acids is 2. The number of ketones is 1. The van der Waals surface area contributed by atoms with Gasteiger partial charge in [-0.25, -0.2) is 0 Å². The summed E-state index contributed by atoms with van der Waals surface area (Å²) in [5.41, 5.74) is 0.789. The van der Waals surface area contributed by atoms with E-state index in [-0.39, 0.29) is 11.7 Å². The van der Waals surface area contributed by atoms with Gasteiger partial charge in [-0.05, 0) is 32.8 Å². The molecule has 0 aromatic carbocycles. The van der Waals surface area contributed by atoms with Crippen molar-refractivity contribution in [2.75, 3.05) is 39.3 Å². The highest BCUT2D eigenvalue weighted by Gasteiger charge is 2.25. The summed E-state index contributed by atoms with van der Waals surface area (Å²) in [5.74, 6) is 0.196. The Morgan fingerprint density at radius 2 is 1.96 bits per heavy atom. The van der Waals surface area contributed by atoms with Gasteiger partial charge < -0.3 is 9.64 Å². The molecule has 2 saturated heterocycles. The molecule has 25 heavy (non-hydrogen) atoms. The van der Waals surface area contributed by atoms with E-state index in [2.05, 4.69) is 4.90 Å². The van der Waals surface area contributed by atoms with Crippen LogP contribution in [0.5, 0.6) is 0 Å². The van der Waals surface area contributed by atoms with E-state index in [0.717, 1.165) is 61.1 Å². The summed E-state index contributed by atoms with van der Waals surface area (Å²) in [7, 11) is 0. The Hall–Kier alpha value is -1.24. The van der Waals surface area contributed by atoms with Crippen molar-refractivity contribution in [2.24, 2.45) is 0 Å². The SMILES string of the molecule is Cc1cc(C(=O)CCC(=O)N2CCN(CC3CCCO3)CC2)c(C)s1. The Balaban J connectivity index is 1.40. The van der Waals surface area contributed by atoms with Gasteiger partial charge in [-0.1, -0.05) is 0 Å². The van der Waals surface area contributed by atoms with Gasteiger partial charge in [0.15, 0.2) is 5.78 Å². The molecule has 3 heterocycles. The van der Waals surface area contributed by atoms with E-state index in [0.29, 0.717) is 18.9 Å². The van der Waals surface area contributed by atoms with Gasteiger partial charge >= 0.3 is 0 Å². The number of Topliss-reactive ketones (excluding diaryl/α,β-unsaturated/α-hetero) is 1. The first kappa shape index (κ1) is 18.5. The van der Waals surface area contributed by atoms with Crippen LogP contribution in [0.25, 0.3) is 0 Å². The number of ether oxygens (including phenoxy) is 1. The van der Waals surface area contributed by atoms with Crippen molar-refractivity contribution in [3.63, 3.8) is 0 Å². The Morgan fingerprint density at radius 3 is 2.56 bits per heavy atom. The first-order valence-electron chi connectivity index (χ1n) is 9.25. The third-order valence-corrected chi connectivity index (χ3v) is 6.08. The zero-order valence-corrected chi connectivity index (χ0v) is 16.1. The molecule has 0 saturated carbocycles. The summed E-state index contributed by atoms with van der Waals surface area (Å²) in [4.78, 5) is 31.2. The molecule has 0 aliphatic carbocycles. The summed E-state index contributed by atoms with van der Waals surface area (Å²) in [6.45, 7) is 9.19. The summed E-state index contributed by atoms with van der Waals surface area (Å²) < 4.78 is 5.69. The van der Waals surface area contributed by atoms with Gasteiger partial charge in [-0.2, -0.15) is 0 Å². The monoisotopic (exact) mass is 364 g/mol. The van der Waals surface area contributed by atoms with Crippen LogP contribution in [0.3, 0.4) is 0 Å². The predicted molar refractivity (Wildman–Crippen MR) is 99.4 cm³/mol. The van der Waals surface area contributed by atoms with Crippen molar-refractivity contribution in [3.8, 4) is 0 Å². The van der Waals surface area contributed by atoms with Gasteiger partial charge in [-0.3, -0.25) is 14.5 Å². The molecule has 138 valence electrons. The van der Waals surface area contributed by atoms with E-state index in [9.17, 15) is 9.59 Å². The number of hydrogen-bond acceptors (Lipinski definition) is 5. The highest BCUT2D eigenvalue weighted by molar-refractivity contribution is 7.12. The third kappa shape index (κ3) is 4.90. The first-order valence-corrected chi connectivity index (χ1v) is 10.1. The van der Waals surface area contributed by atoms with E-state index in [1.807, 2.05) is 24.8 Å². The van der Waals surface area contributed by atoms with Crippen LogP contribution in [-0.2, 0) is 9.53 Å². The lowest BCUT2D eigenvalue weighted by Gasteiger charge is -2.35. The minimum absolute atomic E-state index is 0.0900. The molecule has 0 spiro atoms. The number of carbonyl (C=O) groups is 2. The van der Waals surface area contributed by atoms with Crippen LogP contribution < -0.4 is 0 Å².